The van der Waals surface area contributed by atoms with Gasteiger partial charge in [0.2, 0.25) is 0 Å². The number of ether oxygens (including phenoxy) is 2. The van der Waals surface area contributed by atoms with E-state index in [4.69, 9.17) is 9.47 Å². The second kappa shape index (κ2) is 11.0. The van der Waals surface area contributed by atoms with Crippen molar-refractivity contribution in [3.63, 3.8) is 0 Å². The fraction of sp³-hybridized carbons (Fsp3) is 0.520. The van der Waals surface area contributed by atoms with Crippen LogP contribution in [0.1, 0.15) is 69.6 Å². The molecule has 2 aromatic carbocycles. The molecule has 1 heterocycles. The zero-order valence-electron chi connectivity index (χ0n) is 17.9. The number of aryl methyl sites for hydroxylation is 1. The highest BCUT2D eigenvalue weighted by Crippen LogP contribution is 2.35. The van der Waals surface area contributed by atoms with E-state index < -0.39 is 23.6 Å². The highest BCUT2D eigenvalue weighted by atomic mass is 19.2. The van der Waals surface area contributed by atoms with Crippen molar-refractivity contribution in [2.45, 2.75) is 71.0 Å². The van der Waals surface area contributed by atoms with E-state index in [2.05, 4.69) is 13.8 Å². The third kappa shape index (κ3) is 5.44. The van der Waals surface area contributed by atoms with Gasteiger partial charge in [-0.3, -0.25) is 0 Å². The molecule has 0 spiro atoms. The standard InChI is InChI=1S/C25H31F3O2/c1-3-5-7-17-8-10-19(22(26)15-17)20-11-12-21(25(28)24(20)27)23-13-9-18(16-30-23)29-14-6-4-2/h8,10-12,15,18,23H,3-7,9,13-14,16H2,1-2H3. The average molecular weight is 421 g/mol. The van der Waals surface area contributed by atoms with Crippen LogP contribution in [0.4, 0.5) is 13.2 Å². The quantitative estimate of drug-likeness (QED) is 0.401. The molecule has 0 amide bonds. The highest BCUT2D eigenvalue weighted by Gasteiger charge is 2.28. The molecule has 0 aliphatic carbocycles. The van der Waals surface area contributed by atoms with Crippen LogP contribution in [0.2, 0.25) is 0 Å². The summed E-state index contributed by atoms with van der Waals surface area (Å²) in [6.45, 7) is 5.23. The van der Waals surface area contributed by atoms with Gasteiger partial charge in [0.05, 0.1) is 18.8 Å². The molecule has 5 heteroatoms. The van der Waals surface area contributed by atoms with Crippen molar-refractivity contribution in [3.05, 3.63) is 58.9 Å². The first-order valence-corrected chi connectivity index (χ1v) is 11.0. The number of unbranched alkanes of at least 4 members (excludes halogenated alkanes) is 2. The van der Waals surface area contributed by atoms with Gasteiger partial charge in [-0.1, -0.05) is 51.0 Å². The average Bonchev–Trinajstić information content (AvgIpc) is 2.75. The van der Waals surface area contributed by atoms with E-state index in [1.807, 2.05) is 0 Å². The molecule has 3 rings (SSSR count). The third-order valence-corrected chi connectivity index (χ3v) is 5.69. The van der Waals surface area contributed by atoms with E-state index in [1.165, 1.54) is 24.3 Å². The van der Waals surface area contributed by atoms with Crippen LogP contribution in [0, 0.1) is 17.5 Å². The largest absolute Gasteiger partial charge is 0.376 e. The molecular formula is C25H31F3O2. The van der Waals surface area contributed by atoms with Crippen LogP contribution in [0.25, 0.3) is 11.1 Å². The lowest BCUT2D eigenvalue weighted by molar-refractivity contribution is -0.0881. The number of benzene rings is 2. The Hall–Kier alpha value is -1.85. The van der Waals surface area contributed by atoms with Gasteiger partial charge in [-0.25, -0.2) is 13.2 Å². The molecule has 0 N–H and O–H groups in total. The van der Waals surface area contributed by atoms with Crippen LogP contribution in [0.5, 0.6) is 0 Å². The number of rotatable bonds is 9. The fourth-order valence-electron chi connectivity index (χ4n) is 3.83. The summed E-state index contributed by atoms with van der Waals surface area (Å²) in [7, 11) is 0. The van der Waals surface area contributed by atoms with Gasteiger partial charge < -0.3 is 9.47 Å². The Labute approximate surface area is 177 Å². The van der Waals surface area contributed by atoms with Crippen molar-refractivity contribution >= 4 is 0 Å². The molecule has 30 heavy (non-hydrogen) atoms. The monoisotopic (exact) mass is 420 g/mol. The summed E-state index contributed by atoms with van der Waals surface area (Å²) in [5, 5.41) is 0. The molecule has 2 atom stereocenters. The molecule has 1 fully saturated rings. The topological polar surface area (TPSA) is 18.5 Å². The van der Waals surface area contributed by atoms with Crippen molar-refractivity contribution in [2.75, 3.05) is 13.2 Å². The van der Waals surface area contributed by atoms with Gasteiger partial charge in [0.1, 0.15) is 5.82 Å². The van der Waals surface area contributed by atoms with Gasteiger partial charge in [0.15, 0.2) is 11.6 Å². The van der Waals surface area contributed by atoms with Crippen LogP contribution < -0.4 is 0 Å². The Kier molecular flexibility index (Phi) is 8.34. The summed E-state index contributed by atoms with van der Waals surface area (Å²) in [6, 6.07) is 7.70. The van der Waals surface area contributed by atoms with E-state index in [-0.39, 0.29) is 22.8 Å². The molecule has 2 nitrogen and oxygen atoms in total. The molecule has 1 saturated heterocycles. The molecule has 164 valence electrons. The molecular weight excluding hydrogens is 389 g/mol. The summed E-state index contributed by atoms with van der Waals surface area (Å²) in [6.07, 6.45) is 5.60. The van der Waals surface area contributed by atoms with Crippen LogP contribution >= 0.6 is 0 Å². The van der Waals surface area contributed by atoms with Crippen molar-refractivity contribution in [2.24, 2.45) is 0 Å². The molecule has 1 aliphatic heterocycles. The lowest BCUT2D eigenvalue weighted by atomic mass is 9.95. The van der Waals surface area contributed by atoms with E-state index in [9.17, 15) is 13.2 Å². The minimum absolute atomic E-state index is 0.000278. The second-order valence-corrected chi connectivity index (χ2v) is 7.99. The maximum atomic E-state index is 14.8. The zero-order chi connectivity index (χ0) is 21.5. The first kappa shape index (κ1) is 22.8. The van der Waals surface area contributed by atoms with E-state index in [1.54, 1.807) is 6.07 Å². The molecule has 2 unspecified atom stereocenters. The Balaban J connectivity index is 1.72. The predicted octanol–water partition coefficient (Wildman–Crippen LogP) is 7.15. The van der Waals surface area contributed by atoms with Crippen molar-refractivity contribution in [1.29, 1.82) is 0 Å². The summed E-state index contributed by atoms with van der Waals surface area (Å²) >= 11 is 0. The van der Waals surface area contributed by atoms with Crippen LogP contribution in [-0.2, 0) is 15.9 Å². The molecule has 1 aliphatic rings. The Morgan fingerprint density at radius 1 is 0.933 bits per heavy atom. The maximum Gasteiger partial charge on any atom is 0.167 e. The Morgan fingerprint density at radius 3 is 2.37 bits per heavy atom. The summed E-state index contributed by atoms with van der Waals surface area (Å²) in [5.41, 5.74) is 1.06. The molecule has 0 aromatic heterocycles. The fourth-order valence-corrected chi connectivity index (χ4v) is 3.83. The van der Waals surface area contributed by atoms with Crippen molar-refractivity contribution < 1.29 is 22.6 Å². The summed E-state index contributed by atoms with van der Waals surface area (Å²) in [5.74, 6) is -2.52. The lowest BCUT2D eigenvalue weighted by Gasteiger charge is -2.29. The predicted molar refractivity (Wildman–Crippen MR) is 113 cm³/mol. The first-order valence-electron chi connectivity index (χ1n) is 11.0. The summed E-state index contributed by atoms with van der Waals surface area (Å²) in [4.78, 5) is 0. The Bertz CT molecular complexity index is 829. The minimum atomic E-state index is -1.03. The third-order valence-electron chi connectivity index (χ3n) is 5.69. The smallest absolute Gasteiger partial charge is 0.167 e. The molecule has 0 saturated carbocycles. The van der Waals surface area contributed by atoms with Crippen molar-refractivity contribution in [1.82, 2.24) is 0 Å². The van der Waals surface area contributed by atoms with Gasteiger partial charge in [-0.2, -0.15) is 0 Å². The van der Waals surface area contributed by atoms with Crippen LogP contribution in [0.3, 0.4) is 0 Å². The molecule has 0 radical (unpaired) electrons. The van der Waals surface area contributed by atoms with Gasteiger partial charge in [-0.05, 0) is 43.7 Å². The lowest BCUT2D eigenvalue weighted by Crippen LogP contribution is -2.28. The van der Waals surface area contributed by atoms with Gasteiger partial charge >= 0.3 is 0 Å². The Morgan fingerprint density at radius 2 is 1.70 bits per heavy atom. The second-order valence-electron chi connectivity index (χ2n) is 7.99. The van der Waals surface area contributed by atoms with E-state index in [0.717, 1.165) is 44.1 Å². The SMILES string of the molecule is CCCCOC1CCC(c2ccc(-c3ccc(CCCC)cc3F)c(F)c2F)OC1. The van der Waals surface area contributed by atoms with Crippen LogP contribution in [-0.4, -0.2) is 19.3 Å². The van der Waals surface area contributed by atoms with E-state index in [0.29, 0.717) is 19.6 Å². The number of hydrogen-bond donors (Lipinski definition) is 0. The normalized spacial score (nSPS) is 19.2. The number of hydrogen-bond acceptors (Lipinski definition) is 2. The van der Waals surface area contributed by atoms with Gasteiger partial charge in [0.25, 0.3) is 0 Å². The van der Waals surface area contributed by atoms with Gasteiger partial charge in [-0.15, -0.1) is 0 Å². The first-order chi connectivity index (χ1) is 14.5. The van der Waals surface area contributed by atoms with Crippen LogP contribution in [0.15, 0.2) is 30.3 Å². The van der Waals surface area contributed by atoms with Crippen molar-refractivity contribution in [3.8, 4) is 11.1 Å². The minimum Gasteiger partial charge on any atom is -0.376 e. The highest BCUT2D eigenvalue weighted by molar-refractivity contribution is 5.66. The molecule has 2 aromatic rings. The maximum absolute atomic E-state index is 14.8. The summed E-state index contributed by atoms with van der Waals surface area (Å²) < 4.78 is 55.8. The van der Waals surface area contributed by atoms with E-state index >= 15 is 0 Å². The van der Waals surface area contributed by atoms with Gasteiger partial charge in [0, 0.05) is 23.3 Å². The zero-order valence-corrected chi connectivity index (χ0v) is 17.9. The molecule has 0 bridgehead atoms. The number of halogens is 3.